The molecule has 1 aliphatic heterocycles. The van der Waals surface area contributed by atoms with Crippen LogP contribution in [-0.4, -0.2) is 61.0 Å². The predicted octanol–water partition coefficient (Wildman–Crippen LogP) is 2.86. The molecule has 0 aromatic carbocycles. The fourth-order valence-corrected chi connectivity index (χ4v) is 4.07. The number of primary amides is 1. The Morgan fingerprint density at radius 2 is 2.03 bits per heavy atom. The topological polar surface area (TPSA) is 95.6 Å². The van der Waals surface area contributed by atoms with Crippen LogP contribution in [-0.2, 0) is 17.4 Å². The van der Waals surface area contributed by atoms with Crippen molar-refractivity contribution in [1.82, 2.24) is 20.5 Å². The molecule has 1 aliphatic rings. The van der Waals surface area contributed by atoms with E-state index in [4.69, 9.17) is 5.73 Å². The Kier molecular flexibility index (Phi) is 12.7. The number of carbonyl (C=O) groups is 1. The number of unbranched alkanes of at least 4 members (excludes halogenated alkanes) is 1. The van der Waals surface area contributed by atoms with Gasteiger partial charge in [0.2, 0.25) is 5.91 Å². The van der Waals surface area contributed by atoms with Crippen molar-refractivity contribution in [3.8, 4) is 0 Å². The second-order valence-electron chi connectivity index (χ2n) is 7.29. The van der Waals surface area contributed by atoms with Crippen LogP contribution in [0.4, 0.5) is 13.2 Å². The van der Waals surface area contributed by atoms with Gasteiger partial charge in [-0.05, 0) is 52.2 Å². The number of nitrogens with two attached hydrogens (primary N) is 1. The molecule has 0 unspecified atom stereocenters. The van der Waals surface area contributed by atoms with Crippen LogP contribution in [0.15, 0.2) is 10.4 Å². The number of hydrogen-bond donors (Lipinski definition) is 3. The van der Waals surface area contributed by atoms with E-state index in [2.05, 4.69) is 25.5 Å². The molecule has 0 saturated carbocycles. The molecule has 1 aromatic heterocycles. The molecule has 0 atom stereocenters. The predicted molar refractivity (Wildman–Crippen MR) is 128 cm³/mol. The second kappa shape index (κ2) is 14.1. The minimum absolute atomic E-state index is 0. The molecule has 1 aromatic rings. The van der Waals surface area contributed by atoms with Crippen molar-refractivity contribution < 1.29 is 18.0 Å². The van der Waals surface area contributed by atoms with Gasteiger partial charge in [0.1, 0.15) is 0 Å². The average molecular weight is 576 g/mol. The van der Waals surface area contributed by atoms with Gasteiger partial charge in [0.05, 0.1) is 5.01 Å². The van der Waals surface area contributed by atoms with Gasteiger partial charge in [0, 0.05) is 37.4 Å². The van der Waals surface area contributed by atoms with E-state index in [0.29, 0.717) is 37.0 Å². The molecule has 0 bridgehead atoms. The summed E-state index contributed by atoms with van der Waals surface area (Å²) in [6.45, 7) is 6.60. The Morgan fingerprint density at radius 1 is 1.32 bits per heavy atom. The van der Waals surface area contributed by atoms with E-state index in [0.717, 1.165) is 62.0 Å². The van der Waals surface area contributed by atoms with E-state index in [9.17, 15) is 18.0 Å². The molecule has 1 fully saturated rings. The number of halogens is 4. The first-order valence-corrected chi connectivity index (χ1v) is 11.2. The third-order valence-corrected chi connectivity index (χ3v) is 5.87. The monoisotopic (exact) mass is 576 g/mol. The van der Waals surface area contributed by atoms with E-state index < -0.39 is 11.9 Å². The Morgan fingerprint density at radius 3 is 2.61 bits per heavy atom. The molecular weight excluding hydrogens is 544 g/mol. The van der Waals surface area contributed by atoms with Crippen molar-refractivity contribution in [2.24, 2.45) is 16.6 Å². The van der Waals surface area contributed by atoms with Gasteiger partial charge >= 0.3 is 6.18 Å². The number of alkyl halides is 3. The van der Waals surface area contributed by atoms with Gasteiger partial charge in [-0.2, -0.15) is 13.2 Å². The lowest BCUT2D eigenvalue weighted by Crippen LogP contribution is -2.39. The Balaban J connectivity index is 0.00000480. The summed E-state index contributed by atoms with van der Waals surface area (Å²) >= 11 is 1.02. The fourth-order valence-electron chi connectivity index (χ4n) is 3.26. The zero-order chi connectivity index (χ0) is 22.0. The summed E-state index contributed by atoms with van der Waals surface area (Å²) in [7, 11) is 0. The maximum absolute atomic E-state index is 12.6. The summed E-state index contributed by atoms with van der Waals surface area (Å²) < 4.78 is 37.8. The van der Waals surface area contributed by atoms with Crippen LogP contribution < -0.4 is 16.4 Å². The van der Waals surface area contributed by atoms with Crippen LogP contribution in [0.25, 0.3) is 0 Å². The number of likely N-dealkylation sites (tertiary alicyclic amines) is 1. The van der Waals surface area contributed by atoms with E-state index >= 15 is 0 Å². The Labute approximate surface area is 202 Å². The number of aromatic nitrogens is 1. The molecule has 2 rings (SSSR count). The normalized spacial score (nSPS) is 16.1. The van der Waals surface area contributed by atoms with Crippen molar-refractivity contribution in [3.63, 3.8) is 0 Å². The number of amides is 1. The summed E-state index contributed by atoms with van der Waals surface area (Å²) in [5, 5.41) is 7.78. The maximum Gasteiger partial charge on any atom is 0.434 e. The highest BCUT2D eigenvalue weighted by molar-refractivity contribution is 14.0. The number of piperidine rings is 1. The molecule has 31 heavy (non-hydrogen) atoms. The molecule has 12 heteroatoms. The molecule has 178 valence electrons. The molecule has 7 nitrogen and oxygen atoms in total. The minimum atomic E-state index is -4.39. The first-order chi connectivity index (χ1) is 14.3. The number of thiazole rings is 1. The first kappa shape index (κ1) is 27.9. The lowest BCUT2D eigenvalue weighted by molar-refractivity contribution is -0.140. The molecule has 0 radical (unpaired) electrons. The number of nitrogens with zero attached hydrogens (tertiary/aromatic N) is 3. The van der Waals surface area contributed by atoms with Crippen LogP contribution in [0.2, 0.25) is 0 Å². The van der Waals surface area contributed by atoms with Crippen LogP contribution in [0.3, 0.4) is 0 Å². The highest BCUT2D eigenvalue weighted by Gasteiger charge is 2.33. The molecule has 1 amide bonds. The highest BCUT2D eigenvalue weighted by Crippen LogP contribution is 2.30. The zero-order valence-corrected chi connectivity index (χ0v) is 20.9. The summed E-state index contributed by atoms with van der Waals surface area (Å²) in [4.78, 5) is 21.7. The van der Waals surface area contributed by atoms with Crippen LogP contribution in [0.5, 0.6) is 0 Å². The van der Waals surface area contributed by atoms with Gasteiger partial charge < -0.3 is 21.3 Å². The summed E-state index contributed by atoms with van der Waals surface area (Å²) in [5.74, 6) is 0.486. The molecular formula is C19H32F3IN6OS. The minimum Gasteiger partial charge on any atom is -0.369 e. The van der Waals surface area contributed by atoms with Crippen LogP contribution in [0.1, 0.15) is 43.3 Å². The number of nitrogens with one attached hydrogen (secondary N) is 2. The molecule has 2 heterocycles. The smallest absolute Gasteiger partial charge is 0.369 e. The highest BCUT2D eigenvalue weighted by atomic mass is 127. The van der Waals surface area contributed by atoms with Crippen molar-refractivity contribution in [2.75, 3.05) is 39.3 Å². The van der Waals surface area contributed by atoms with Gasteiger partial charge in [-0.15, -0.1) is 35.3 Å². The van der Waals surface area contributed by atoms with Crippen LogP contribution in [0, 0.1) is 5.92 Å². The Hall–Kier alpha value is -1.15. The summed E-state index contributed by atoms with van der Waals surface area (Å²) in [5.41, 5.74) is 4.53. The van der Waals surface area contributed by atoms with Crippen molar-refractivity contribution in [1.29, 1.82) is 0 Å². The largest absolute Gasteiger partial charge is 0.434 e. The zero-order valence-electron chi connectivity index (χ0n) is 17.7. The third-order valence-electron chi connectivity index (χ3n) is 4.96. The van der Waals surface area contributed by atoms with Gasteiger partial charge in [0.15, 0.2) is 11.7 Å². The lowest BCUT2D eigenvalue weighted by atomic mass is 9.96. The molecule has 1 saturated heterocycles. The van der Waals surface area contributed by atoms with E-state index in [1.807, 2.05) is 6.92 Å². The van der Waals surface area contributed by atoms with Crippen molar-refractivity contribution in [3.05, 3.63) is 16.1 Å². The average Bonchev–Trinajstić information content (AvgIpc) is 3.17. The maximum atomic E-state index is 12.6. The molecule has 0 spiro atoms. The summed E-state index contributed by atoms with van der Waals surface area (Å²) in [6, 6.07) is 0. The number of aliphatic imine (C=N–C) groups is 1. The quantitative estimate of drug-likeness (QED) is 0.172. The van der Waals surface area contributed by atoms with Crippen molar-refractivity contribution in [2.45, 2.75) is 45.2 Å². The standard InChI is InChI=1S/C19H31F3N6OS.HI/c1-2-24-18(26-9-5-16-27-15(13-30-16)19(20,21)22)25-8-3-4-10-28-11-6-14(7-12-28)17(23)29;/h13-14H,2-12H2,1H3,(H2,23,29)(H2,24,25,26);1H. The van der Waals surface area contributed by atoms with Gasteiger partial charge in [-0.3, -0.25) is 9.79 Å². The number of carbonyl (C=O) groups excluding carboxylic acids is 1. The molecule has 4 N–H and O–H groups in total. The van der Waals surface area contributed by atoms with E-state index in [1.54, 1.807) is 0 Å². The van der Waals surface area contributed by atoms with Crippen LogP contribution >= 0.6 is 35.3 Å². The number of guanidine groups is 1. The number of rotatable bonds is 10. The lowest BCUT2D eigenvalue weighted by Gasteiger charge is -2.30. The third kappa shape index (κ3) is 10.3. The van der Waals surface area contributed by atoms with Gasteiger partial charge in [-0.1, -0.05) is 0 Å². The van der Waals surface area contributed by atoms with Gasteiger partial charge in [0.25, 0.3) is 0 Å². The van der Waals surface area contributed by atoms with Gasteiger partial charge in [-0.25, -0.2) is 4.98 Å². The first-order valence-electron chi connectivity index (χ1n) is 10.3. The van der Waals surface area contributed by atoms with E-state index in [-0.39, 0.29) is 35.8 Å². The summed E-state index contributed by atoms with van der Waals surface area (Å²) in [6.07, 6.45) is -0.350. The van der Waals surface area contributed by atoms with Crippen molar-refractivity contribution >= 4 is 47.2 Å². The fraction of sp³-hybridized carbons (Fsp3) is 0.737. The number of hydrogen-bond acceptors (Lipinski definition) is 5. The SMILES string of the molecule is CCNC(=NCCCCN1CCC(C(N)=O)CC1)NCCc1nc(C(F)(F)F)cs1.I. The second-order valence-corrected chi connectivity index (χ2v) is 8.23. The van der Waals surface area contributed by atoms with E-state index in [1.165, 1.54) is 0 Å². The molecule has 0 aliphatic carbocycles. The Bertz CT molecular complexity index is 692.